The molecule has 2 fully saturated rings. The molecule has 14 heteroatoms. The van der Waals surface area contributed by atoms with Crippen LogP contribution < -0.4 is 34.3 Å². The lowest BCUT2D eigenvalue weighted by molar-refractivity contribution is -0.155. The second-order valence-electron chi connectivity index (χ2n) is 21.2. The molecule has 4 aromatic rings. The van der Waals surface area contributed by atoms with E-state index in [9.17, 15) is 30.0 Å². The third-order valence-corrected chi connectivity index (χ3v) is 18.2. The molecule has 0 spiro atoms. The number of hydrogen-bond donors (Lipinski definition) is 6. The number of aromatic hydroxyl groups is 1. The predicted molar refractivity (Wildman–Crippen MR) is 270 cm³/mol. The van der Waals surface area contributed by atoms with Gasteiger partial charge in [0.15, 0.2) is 17.7 Å². The third-order valence-electron chi connectivity index (χ3n) is 18.2. The number of phenolic OH excluding ortho intramolecular Hbond substituents is 1. The zero-order chi connectivity index (χ0) is 49.6. The Morgan fingerprint density at radius 2 is 1.64 bits per heavy atom. The lowest BCUT2D eigenvalue weighted by Gasteiger charge is -2.64. The minimum absolute atomic E-state index is 0.0452. The number of carbonyl (C=O) groups excluding carboxylic acids is 2. The number of rotatable bonds is 14. The van der Waals surface area contributed by atoms with E-state index in [-0.39, 0.29) is 73.4 Å². The van der Waals surface area contributed by atoms with Gasteiger partial charge in [0.1, 0.15) is 24.0 Å². The summed E-state index contributed by atoms with van der Waals surface area (Å²) in [4.78, 5) is 29.1. The van der Waals surface area contributed by atoms with Gasteiger partial charge >= 0.3 is 0 Å². The highest BCUT2D eigenvalue weighted by Gasteiger charge is 2.64. The van der Waals surface area contributed by atoms with E-state index in [1.54, 1.807) is 24.1 Å². The van der Waals surface area contributed by atoms with Crippen LogP contribution in [0.5, 0.6) is 34.5 Å². The SMILES string of the molecule is CCNCOc1cc(OC)c2c3c1[C@@H](O)Nc1cc4c(c(c1-3)CC2)[C@@H](O)[C@H](c1cc(OC)c(O)c(OC[C@H](CO)[C@@]23c5c6cccc5CC[C@H]2CC[C@H](C2(N5C(=O)C=CC5=O)CCCCC2)[C@H]3C=C6)c1)CO4. The van der Waals surface area contributed by atoms with Crippen LogP contribution in [-0.4, -0.2) is 90.0 Å². The van der Waals surface area contributed by atoms with E-state index in [1.165, 1.54) is 30.4 Å². The van der Waals surface area contributed by atoms with Crippen molar-refractivity contribution in [2.24, 2.45) is 23.7 Å². The number of amides is 2. The Bertz CT molecular complexity index is 2910. The van der Waals surface area contributed by atoms with Crippen molar-refractivity contribution in [3.05, 3.63) is 105 Å². The number of aliphatic hydroxyl groups is 3. The largest absolute Gasteiger partial charge is 0.502 e. The van der Waals surface area contributed by atoms with Crippen molar-refractivity contribution >= 4 is 23.6 Å². The fourth-order valence-electron chi connectivity index (χ4n) is 15.4. The molecule has 72 heavy (non-hydrogen) atoms. The molecule has 4 aromatic carbocycles. The van der Waals surface area contributed by atoms with Gasteiger partial charge in [0.2, 0.25) is 5.75 Å². The Hall–Kier alpha value is -6.06. The van der Waals surface area contributed by atoms with Crippen molar-refractivity contribution in [2.45, 2.75) is 107 Å². The van der Waals surface area contributed by atoms with Crippen LogP contribution in [0.2, 0.25) is 0 Å². The average Bonchev–Trinajstić information content (AvgIpc) is 3.75. The molecular weight excluding hydrogens is 915 g/mol. The summed E-state index contributed by atoms with van der Waals surface area (Å²) in [6.07, 6.45) is 14.5. The molecule has 2 amide bonds. The summed E-state index contributed by atoms with van der Waals surface area (Å²) < 4.78 is 31.3. The molecule has 0 bridgehead atoms. The number of nitrogens with zero attached hydrogens (tertiary/aromatic N) is 1. The summed E-state index contributed by atoms with van der Waals surface area (Å²) in [5.41, 5.74) is 8.56. The molecule has 2 saturated carbocycles. The van der Waals surface area contributed by atoms with Gasteiger partial charge in [-0.2, -0.15) is 0 Å². The van der Waals surface area contributed by atoms with Gasteiger partial charge < -0.3 is 49.4 Å². The Kier molecular flexibility index (Phi) is 11.8. The average molecular weight is 980 g/mol. The van der Waals surface area contributed by atoms with E-state index in [0.29, 0.717) is 59.0 Å². The van der Waals surface area contributed by atoms with E-state index in [0.717, 1.165) is 85.6 Å². The Morgan fingerprint density at radius 3 is 2.40 bits per heavy atom. The number of benzene rings is 4. The van der Waals surface area contributed by atoms with Crippen molar-refractivity contribution in [3.63, 3.8) is 0 Å². The molecule has 0 saturated heterocycles. The lowest BCUT2D eigenvalue weighted by Crippen LogP contribution is -2.66. The Morgan fingerprint density at radius 1 is 0.861 bits per heavy atom. The highest BCUT2D eigenvalue weighted by Crippen LogP contribution is 2.65. The zero-order valence-corrected chi connectivity index (χ0v) is 41.3. The summed E-state index contributed by atoms with van der Waals surface area (Å²) in [5.74, 6) is 0.374. The molecule has 3 heterocycles. The second kappa shape index (κ2) is 18.2. The van der Waals surface area contributed by atoms with Crippen molar-refractivity contribution < 1.29 is 53.7 Å². The first-order valence-electron chi connectivity index (χ1n) is 26.1. The number of methoxy groups -OCH3 is 2. The molecule has 0 aromatic heterocycles. The fourth-order valence-corrected chi connectivity index (χ4v) is 15.4. The molecule has 5 aliphatic carbocycles. The van der Waals surface area contributed by atoms with Gasteiger partial charge in [-0.3, -0.25) is 19.8 Å². The molecule has 8 atom stereocenters. The van der Waals surface area contributed by atoms with E-state index < -0.39 is 35.1 Å². The van der Waals surface area contributed by atoms with Crippen LogP contribution in [0, 0.1) is 23.7 Å². The Balaban J connectivity index is 0.904. The number of hydrogen-bond acceptors (Lipinski definition) is 13. The van der Waals surface area contributed by atoms with E-state index in [2.05, 4.69) is 41.0 Å². The van der Waals surface area contributed by atoms with E-state index in [1.807, 2.05) is 19.1 Å². The number of imide groups is 1. The Labute approximate surface area is 420 Å². The standard InChI is InChI=1S/C58H65N3O11/c1-4-59-30-72-44-26-42(68-2)36-15-16-37-49-41(60-56(67)52(44)51(36)49)25-43-50(37)54(65)38(29-71-43)33-23-45(69-3)55(66)46(24-33)70-28-35(27-62)58-34-13-11-31-9-8-10-32(53(31)58)12-17-40(58)39(18-14-34)57(21-6-5-7-22-57)61-47(63)19-20-48(61)64/h8-10,12,17,19-20,23-26,34-35,38-40,54,56,59-60,62,65-67H,4-7,11,13-16,18,21-22,27-30H2,1-3H3/t34-,35-,38-,39-,40+,54-,56+,58-/m0/s1. The number of phenols is 1. The van der Waals surface area contributed by atoms with Gasteiger partial charge in [-0.25, -0.2) is 0 Å². The zero-order valence-electron chi connectivity index (χ0n) is 41.3. The molecule has 0 radical (unpaired) electrons. The maximum atomic E-state index is 13.7. The highest BCUT2D eigenvalue weighted by molar-refractivity contribution is 6.13. The molecule has 378 valence electrons. The number of fused-ring (bicyclic) bond motifs is 2. The minimum Gasteiger partial charge on any atom is -0.502 e. The highest BCUT2D eigenvalue weighted by atomic mass is 16.5. The number of anilines is 1. The first-order chi connectivity index (χ1) is 35.1. The van der Waals surface area contributed by atoms with Crippen LogP contribution >= 0.6 is 0 Å². The van der Waals surface area contributed by atoms with Crippen molar-refractivity contribution in [1.82, 2.24) is 10.2 Å². The smallest absolute Gasteiger partial charge is 0.254 e. The molecule has 8 aliphatic rings. The van der Waals surface area contributed by atoms with Crippen molar-refractivity contribution in [2.75, 3.05) is 52.6 Å². The first-order valence-corrected chi connectivity index (χ1v) is 26.1. The lowest BCUT2D eigenvalue weighted by atomic mass is 9.42. The van der Waals surface area contributed by atoms with Crippen LogP contribution in [-0.2, 0) is 34.3 Å². The van der Waals surface area contributed by atoms with Crippen LogP contribution in [0.1, 0.15) is 121 Å². The minimum atomic E-state index is -1.06. The third kappa shape index (κ3) is 6.88. The van der Waals surface area contributed by atoms with Crippen LogP contribution in [0.4, 0.5) is 5.69 Å². The summed E-state index contributed by atoms with van der Waals surface area (Å²) in [6.45, 7) is 2.92. The number of aliphatic hydroxyl groups excluding tert-OH is 3. The number of carbonyl (C=O) groups is 2. The van der Waals surface area contributed by atoms with Gasteiger partial charge in [0.25, 0.3) is 11.8 Å². The predicted octanol–water partition coefficient (Wildman–Crippen LogP) is 7.92. The molecule has 12 rings (SSSR count). The summed E-state index contributed by atoms with van der Waals surface area (Å²) in [7, 11) is 3.12. The number of aryl methyl sites for hydroxylation is 1. The maximum absolute atomic E-state index is 13.7. The van der Waals surface area contributed by atoms with Gasteiger partial charge in [0, 0.05) is 69.5 Å². The van der Waals surface area contributed by atoms with Crippen molar-refractivity contribution in [3.8, 4) is 45.6 Å². The van der Waals surface area contributed by atoms with Gasteiger partial charge in [0.05, 0.1) is 51.2 Å². The van der Waals surface area contributed by atoms with Gasteiger partial charge in [-0.05, 0) is 116 Å². The molecule has 14 nitrogen and oxygen atoms in total. The maximum Gasteiger partial charge on any atom is 0.254 e. The molecule has 6 N–H and O–H groups in total. The first kappa shape index (κ1) is 47.0. The van der Waals surface area contributed by atoms with E-state index in [4.69, 9.17) is 23.7 Å². The fraction of sp³-hybridized carbons (Fsp3) is 0.483. The molecule has 3 aliphatic heterocycles. The second-order valence-corrected chi connectivity index (χ2v) is 21.2. The topological polar surface area (TPSA) is 189 Å². The van der Waals surface area contributed by atoms with Crippen LogP contribution in [0.3, 0.4) is 0 Å². The van der Waals surface area contributed by atoms with Crippen molar-refractivity contribution in [1.29, 1.82) is 0 Å². The molecule has 0 unspecified atom stereocenters. The van der Waals surface area contributed by atoms with Gasteiger partial charge in [-0.15, -0.1) is 0 Å². The summed E-state index contributed by atoms with van der Waals surface area (Å²) in [6, 6.07) is 13.7. The normalized spacial score (nSPS) is 27.2. The number of nitrogens with one attached hydrogen (secondary N) is 2. The monoisotopic (exact) mass is 979 g/mol. The van der Waals surface area contributed by atoms with Crippen LogP contribution in [0.25, 0.3) is 17.2 Å². The summed E-state index contributed by atoms with van der Waals surface area (Å²) >= 11 is 0. The van der Waals surface area contributed by atoms with Gasteiger partial charge in [-0.1, -0.05) is 56.5 Å². The van der Waals surface area contributed by atoms with Crippen LogP contribution in [0.15, 0.2) is 60.7 Å². The molecular formula is C58H65N3O11. The summed E-state index contributed by atoms with van der Waals surface area (Å²) in [5, 5.41) is 54.5. The quantitative estimate of drug-likeness (QED) is 0.0407. The van der Waals surface area contributed by atoms with E-state index >= 15 is 0 Å². The number of allylic oxidation sites excluding steroid dienone is 1. The number of ether oxygens (including phenoxy) is 5.